The molecule has 4 aromatic rings. The lowest BCUT2D eigenvalue weighted by Gasteiger charge is -1.99. The van der Waals surface area contributed by atoms with Crippen LogP contribution in [0, 0.1) is 5.82 Å². The lowest BCUT2D eigenvalue weighted by molar-refractivity contribution is -0.136. The van der Waals surface area contributed by atoms with Gasteiger partial charge in [0.05, 0.1) is 5.56 Å². The molecule has 3 aromatic heterocycles. The van der Waals surface area contributed by atoms with Gasteiger partial charge in [0.15, 0.2) is 5.65 Å². The van der Waals surface area contributed by atoms with Crippen molar-refractivity contribution in [3.63, 3.8) is 0 Å². The number of aliphatic carboxylic acids is 1. The van der Waals surface area contributed by atoms with E-state index in [0.717, 1.165) is 0 Å². The van der Waals surface area contributed by atoms with Gasteiger partial charge >= 0.3 is 5.97 Å². The van der Waals surface area contributed by atoms with Crippen LogP contribution in [0.1, 0.15) is 5.82 Å². The molecule has 0 aliphatic heterocycles. The Hall–Kier alpha value is -3.62. The van der Waals surface area contributed by atoms with E-state index in [1.807, 2.05) is 0 Å². The van der Waals surface area contributed by atoms with Crippen molar-refractivity contribution < 1.29 is 18.8 Å². The van der Waals surface area contributed by atoms with E-state index < -0.39 is 5.97 Å². The van der Waals surface area contributed by atoms with Crippen molar-refractivity contribution in [3.8, 4) is 22.8 Å². The molecule has 0 bridgehead atoms. The Kier molecular flexibility index (Phi) is 3.46. The molecule has 25 heavy (non-hydrogen) atoms. The first-order valence-electron chi connectivity index (χ1n) is 7.25. The second-order valence-electron chi connectivity index (χ2n) is 5.26. The average molecular weight is 339 g/mol. The van der Waals surface area contributed by atoms with Gasteiger partial charge in [-0.05, 0) is 36.4 Å². The molecule has 0 saturated heterocycles. The Morgan fingerprint density at radius 3 is 2.64 bits per heavy atom. The van der Waals surface area contributed by atoms with Crippen LogP contribution >= 0.6 is 0 Å². The van der Waals surface area contributed by atoms with E-state index in [-0.39, 0.29) is 18.1 Å². The van der Waals surface area contributed by atoms with E-state index in [9.17, 15) is 9.18 Å². The molecule has 4 rings (SSSR count). The van der Waals surface area contributed by atoms with E-state index in [0.29, 0.717) is 28.4 Å². The zero-order chi connectivity index (χ0) is 17.4. The summed E-state index contributed by atoms with van der Waals surface area (Å²) >= 11 is 0. The standard InChI is InChI=1S/C16H10FN5O3/c17-11-4-1-9(2-5-11)15-18-16(25-21-15)10-3-6-12-19-20-13(7-14(23)24)22(12)8-10/h1-6,8H,7H2,(H,23,24). The predicted molar refractivity (Wildman–Crippen MR) is 83.0 cm³/mol. The van der Waals surface area contributed by atoms with Crippen LogP contribution in [0.25, 0.3) is 28.5 Å². The maximum Gasteiger partial charge on any atom is 0.311 e. The van der Waals surface area contributed by atoms with Gasteiger partial charge in [0.25, 0.3) is 5.89 Å². The predicted octanol–water partition coefficient (Wildman–Crippen LogP) is 2.21. The summed E-state index contributed by atoms with van der Waals surface area (Å²) in [5, 5.41) is 20.6. The summed E-state index contributed by atoms with van der Waals surface area (Å²) in [4.78, 5) is 15.2. The van der Waals surface area contributed by atoms with Crippen molar-refractivity contribution in [3.05, 3.63) is 54.2 Å². The smallest absolute Gasteiger partial charge is 0.311 e. The quantitative estimate of drug-likeness (QED) is 0.607. The average Bonchev–Trinajstić information content (AvgIpc) is 3.22. The molecule has 0 amide bonds. The molecule has 0 atom stereocenters. The largest absolute Gasteiger partial charge is 0.481 e. The van der Waals surface area contributed by atoms with Crippen LogP contribution in [0.5, 0.6) is 0 Å². The Bertz CT molecular complexity index is 1070. The van der Waals surface area contributed by atoms with Crippen molar-refractivity contribution in [2.45, 2.75) is 6.42 Å². The van der Waals surface area contributed by atoms with Crippen LogP contribution in [0.15, 0.2) is 47.1 Å². The van der Waals surface area contributed by atoms with E-state index in [2.05, 4.69) is 20.3 Å². The summed E-state index contributed by atoms with van der Waals surface area (Å²) in [5.41, 5.74) is 1.71. The van der Waals surface area contributed by atoms with Crippen molar-refractivity contribution in [2.24, 2.45) is 0 Å². The molecule has 0 unspecified atom stereocenters. The van der Waals surface area contributed by atoms with Crippen molar-refractivity contribution in [1.29, 1.82) is 0 Å². The second kappa shape index (κ2) is 5.78. The molecule has 0 fully saturated rings. The number of rotatable bonds is 4. The number of aromatic nitrogens is 5. The minimum absolute atomic E-state index is 0.246. The normalized spacial score (nSPS) is 11.1. The lowest BCUT2D eigenvalue weighted by Crippen LogP contribution is -2.04. The van der Waals surface area contributed by atoms with E-state index in [4.69, 9.17) is 9.63 Å². The minimum Gasteiger partial charge on any atom is -0.481 e. The molecule has 0 radical (unpaired) electrons. The summed E-state index contributed by atoms with van der Waals surface area (Å²) in [6.45, 7) is 0. The fraction of sp³-hybridized carbons (Fsp3) is 0.0625. The summed E-state index contributed by atoms with van der Waals surface area (Å²) in [5.74, 6) is -0.490. The number of carboxylic acids is 1. The van der Waals surface area contributed by atoms with Crippen LogP contribution < -0.4 is 0 Å². The molecule has 0 saturated carbocycles. The molecule has 124 valence electrons. The molecule has 0 aliphatic carbocycles. The molecule has 1 N–H and O–H groups in total. The molecular formula is C16H10FN5O3. The first-order chi connectivity index (χ1) is 12.1. The van der Waals surface area contributed by atoms with Crippen LogP contribution in [0.2, 0.25) is 0 Å². The highest BCUT2D eigenvalue weighted by Gasteiger charge is 2.14. The number of fused-ring (bicyclic) bond motifs is 1. The highest BCUT2D eigenvalue weighted by molar-refractivity contribution is 5.69. The van der Waals surface area contributed by atoms with E-state index in [1.54, 1.807) is 34.9 Å². The van der Waals surface area contributed by atoms with Crippen LogP contribution in [-0.2, 0) is 11.2 Å². The summed E-state index contributed by atoms with van der Waals surface area (Å²) in [7, 11) is 0. The van der Waals surface area contributed by atoms with Gasteiger partial charge in [0.2, 0.25) is 5.82 Å². The van der Waals surface area contributed by atoms with Crippen molar-refractivity contribution in [1.82, 2.24) is 24.7 Å². The Morgan fingerprint density at radius 1 is 1.12 bits per heavy atom. The highest BCUT2D eigenvalue weighted by atomic mass is 19.1. The summed E-state index contributed by atoms with van der Waals surface area (Å²) < 4.78 is 19.8. The first kappa shape index (κ1) is 14.9. The SMILES string of the molecule is O=C(O)Cc1nnc2ccc(-c3nc(-c4ccc(F)cc4)no3)cn12. The molecule has 8 nitrogen and oxygen atoms in total. The number of carbonyl (C=O) groups is 1. The molecular weight excluding hydrogens is 329 g/mol. The van der Waals surface area contributed by atoms with E-state index >= 15 is 0 Å². The molecule has 3 heterocycles. The molecule has 1 aromatic carbocycles. The third-order valence-electron chi connectivity index (χ3n) is 3.56. The maximum atomic E-state index is 13.0. The summed E-state index contributed by atoms with van der Waals surface area (Å²) in [6.07, 6.45) is 1.38. The van der Waals surface area contributed by atoms with Crippen molar-refractivity contribution >= 4 is 11.6 Å². The minimum atomic E-state index is -1.00. The van der Waals surface area contributed by atoms with Gasteiger partial charge in [-0.25, -0.2) is 4.39 Å². The monoisotopic (exact) mass is 339 g/mol. The summed E-state index contributed by atoms with van der Waals surface area (Å²) in [6, 6.07) is 9.13. The zero-order valence-electron chi connectivity index (χ0n) is 12.6. The first-order valence-corrected chi connectivity index (χ1v) is 7.25. The number of nitrogens with zero attached hydrogens (tertiary/aromatic N) is 5. The number of carboxylic acid groups (broad SMARTS) is 1. The maximum absolute atomic E-state index is 13.0. The molecule has 0 spiro atoms. The van der Waals surface area contributed by atoms with Gasteiger partial charge in [-0.15, -0.1) is 10.2 Å². The van der Waals surface area contributed by atoms with Gasteiger partial charge in [0, 0.05) is 11.8 Å². The second-order valence-corrected chi connectivity index (χ2v) is 5.26. The van der Waals surface area contributed by atoms with Gasteiger partial charge in [-0.3, -0.25) is 9.20 Å². The topological polar surface area (TPSA) is 106 Å². The Labute approximate surface area is 139 Å². The van der Waals surface area contributed by atoms with Crippen LogP contribution in [-0.4, -0.2) is 35.8 Å². The highest BCUT2D eigenvalue weighted by Crippen LogP contribution is 2.23. The number of hydrogen-bond acceptors (Lipinski definition) is 6. The van der Waals surface area contributed by atoms with Gasteiger partial charge < -0.3 is 9.63 Å². The van der Waals surface area contributed by atoms with Gasteiger partial charge in [-0.1, -0.05) is 5.16 Å². The lowest BCUT2D eigenvalue weighted by atomic mass is 10.2. The van der Waals surface area contributed by atoms with E-state index in [1.165, 1.54) is 12.1 Å². The third-order valence-corrected chi connectivity index (χ3v) is 3.56. The van der Waals surface area contributed by atoms with Crippen LogP contribution in [0.3, 0.4) is 0 Å². The Balaban J connectivity index is 1.72. The van der Waals surface area contributed by atoms with Gasteiger partial charge in [-0.2, -0.15) is 4.98 Å². The fourth-order valence-corrected chi connectivity index (χ4v) is 2.38. The van der Waals surface area contributed by atoms with Crippen LogP contribution in [0.4, 0.5) is 4.39 Å². The fourth-order valence-electron chi connectivity index (χ4n) is 2.38. The van der Waals surface area contributed by atoms with Crippen molar-refractivity contribution in [2.75, 3.05) is 0 Å². The zero-order valence-corrected chi connectivity index (χ0v) is 12.6. The third kappa shape index (κ3) is 2.82. The Morgan fingerprint density at radius 2 is 1.88 bits per heavy atom. The number of halogens is 1. The number of pyridine rings is 1. The number of hydrogen-bond donors (Lipinski definition) is 1. The molecule has 9 heteroatoms. The van der Waals surface area contributed by atoms with Gasteiger partial charge in [0.1, 0.15) is 18.1 Å². The number of benzene rings is 1. The molecule has 0 aliphatic rings.